The predicted octanol–water partition coefficient (Wildman–Crippen LogP) is 1.23. The number of anilines is 1. The average molecular weight is 262 g/mol. The van der Waals surface area contributed by atoms with E-state index in [1.54, 1.807) is 0 Å². The second-order valence-corrected chi connectivity index (χ2v) is 4.91. The number of nitrogens with two attached hydrogens (primary N) is 1. The lowest BCUT2D eigenvalue weighted by molar-refractivity contribution is 0.271. The molecule has 0 radical (unpaired) electrons. The van der Waals surface area contributed by atoms with E-state index >= 15 is 0 Å². The van der Waals surface area contributed by atoms with Crippen LogP contribution >= 0.6 is 0 Å². The molecule has 2 rings (SSSR count). The maximum Gasteiger partial charge on any atom is 0.170 e. The lowest BCUT2D eigenvalue weighted by atomic mass is 10.1. The number of nitrogens with zero attached hydrogens (tertiary/aromatic N) is 3. The number of hydrogen-bond donors (Lipinski definition) is 2. The van der Waals surface area contributed by atoms with E-state index in [4.69, 9.17) is 10.9 Å². The summed E-state index contributed by atoms with van der Waals surface area (Å²) in [6.07, 6.45) is 0. The van der Waals surface area contributed by atoms with Crippen molar-refractivity contribution in [2.75, 3.05) is 37.6 Å². The monoisotopic (exact) mass is 262 g/mol. The summed E-state index contributed by atoms with van der Waals surface area (Å²) in [6.45, 7) is 9.71. The van der Waals surface area contributed by atoms with E-state index in [-0.39, 0.29) is 5.84 Å². The van der Waals surface area contributed by atoms with Crippen molar-refractivity contribution >= 4 is 11.5 Å². The highest BCUT2D eigenvalue weighted by molar-refractivity contribution is 5.97. The first kappa shape index (κ1) is 13.7. The van der Waals surface area contributed by atoms with Crippen molar-refractivity contribution in [1.29, 1.82) is 0 Å². The Hall–Kier alpha value is -1.75. The van der Waals surface area contributed by atoms with Crippen LogP contribution in [0.3, 0.4) is 0 Å². The minimum atomic E-state index is 0.158. The number of benzene rings is 1. The van der Waals surface area contributed by atoms with Gasteiger partial charge >= 0.3 is 0 Å². The third kappa shape index (κ3) is 2.98. The van der Waals surface area contributed by atoms with Crippen molar-refractivity contribution in [3.05, 3.63) is 29.3 Å². The molecule has 1 aromatic carbocycles. The van der Waals surface area contributed by atoms with E-state index in [0.717, 1.165) is 43.9 Å². The first-order valence-corrected chi connectivity index (χ1v) is 6.71. The van der Waals surface area contributed by atoms with Gasteiger partial charge in [-0.3, -0.25) is 0 Å². The van der Waals surface area contributed by atoms with Gasteiger partial charge in [0, 0.05) is 37.4 Å². The number of amidine groups is 1. The third-order valence-electron chi connectivity index (χ3n) is 3.76. The van der Waals surface area contributed by atoms with Crippen molar-refractivity contribution < 1.29 is 5.21 Å². The topological polar surface area (TPSA) is 65.1 Å². The number of piperazine rings is 1. The lowest BCUT2D eigenvalue weighted by Crippen LogP contribution is -2.46. The van der Waals surface area contributed by atoms with Gasteiger partial charge in [-0.05, 0) is 37.2 Å². The first-order valence-electron chi connectivity index (χ1n) is 6.71. The van der Waals surface area contributed by atoms with Crippen molar-refractivity contribution in [1.82, 2.24) is 4.90 Å². The third-order valence-corrected chi connectivity index (χ3v) is 3.76. The highest BCUT2D eigenvalue weighted by Gasteiger charge is 2.17. The molecular formula is C14H22N4O. The number of aryl methyl sites for hydroxylation is 1. The molecule has 1 heterocycles. The number of oxime groups is 1. The molecule has 104 valence electrons. The molecule has 0 unspecified atom stereocenters. The molecule has 0 aliphatic carbocycles. The van der Waals surface area contributed by atoms with Gasteiger partial charge in [0.2, 0.25) is 0 Å². The minimum absolute atomic E-state index is 0.158. The molecule has 3 N–H and O–H groups in total. The van der Waals surface area contributed by atoms with E-state index in [2.05, 4.69) is 34.9 Å². The largest absolute Gasteiger partial charge is 0.409 e. The molecule has 0 aromatic heterocycles. The second-order valence-electron chi connectivity index (χ2n) is 4.91. The van der Waals surface area contributed by atoms with Crippen molar-refractivity contribution in [3.63, 3.8) is 0 Å². The molecule has 5 nitrogen and oxygen atoms in total. The maximum absolute atomic E-state index is 8.70. The maximum atomic E-state index is 8.70. The summed E-state index contributed by atoms with van der Waals surface area (Å²) in [6, 6.07) is 5.93. The van der Waals surface area contributed by atoms with Crippen molar-refractivity contribution in [2.45, 2.75) is 13.8 Å². The standard InChI is InChI=1S/C14H22N4O/c1-3-17-6-8-18(9-7-17)13-5-4-12(10-11(13)2)14(15)16-19/h4-5,10,19H,3,6-9H2,1-2H3,(H2,15,16). The van der Waals surface area contributed by atoms with Crippen LogP contribution in [-0.2, 0) is 0 Å². The van der Waals surface area contributed by atoms with Crippen LogP contribution in [0.15, 0.2) is 23.4 Å². The van der Waals surface area contributed by atoms with Gasteiger partial charge in [0.15, 0.2) is 5.84 Å². The summed E-state index contributed by atoms with van der Waals surface area (Å²) < 4.78 is 0. The molecule has 0 spiro atoms. The molecule has 1 aliphatic heterocycles. The molecule has 0 saturated carbocycles. The van der Waals surface area contributed by atoms with Gasteiger partial charge in [-0.1, -0.05) is 12.1 Å². The molecule has 1 aromatic rings. The number of likely N-dealkylation sites (N-methyl/N-ethyl adjacent to an activating group) is 1. The van der Waals surface area contributed by atoms with Crippen molar-refractivity contribution in [3.8, 4) is 0 Å². The van der Waals surface area contributed by atoms with Crippen LogP contribution in [0.2, 0.25) is 0 Å². The van der Waals surface area contributed by atoms with E-state index in [1.807, 2.05) is 12.1 Å². The molecule has 19 heavy (non-hydrogen) atoms. The Morgan fingerprint density at radius 1 is 1.32 bits per heavy atom. The fourth-order valence-electron chi connectivity index (χ4n) is 2.53. The van der Waals surface area contributed by atoms with E-state index in [1.165, 1.54) is 5.69 Å². The van der Waals surface area contributed by atoms with Gasteiger partial charge in [-0.15, -0.1) is 0 Å². The summed E-state index contributed by atoms with van der Waals surface area (Å²) in [5, 5.41) is 11.7. The predicted molar refractivity (Wildman–Crippen MR) is 78.0 cm³/mol. The van der Waals surface area contributed by atoms with Crippen LogP contribution in [0.5, 0.6) is 0 Å². The van der Waals surface area contributed by atoms with E-state index < -0.39 is 0 Å². The molecule has 0 bridgehead atoms. The molecule has 0 amide bonds. The molecule has 1 saturated heterocycles. The van der Waals surface area contributed by atoms with Crippen LogP contribution in [0.25, 0.3) is 0 Å². The Morgan fingerprint density at radius 3 is 2.53 bits per heavy atom. The average Bonchev–Trinajstić information content (AvgIpc) is 2.46. The number of hydrogen-bond acceptors (Lipinski definition) is 4. The van der Waals surface area contributed by atoms with Crippen molar-refractivity contribution in [2.24, 2.45) is 10.9 Å². The zero-order valence-corrected chi connectivity index (χ0v) is 11.6. The molecule has 0 atom stereocenters. The highest BCUT2D eigenvalue weighted by atomic mass is 16.4. The molecular weight excluding hydrogens is 240 g/mol. The minimum Gasteiger partial charge on any atom is -0.409 e. The Bertz CT molecular complexity index is 465. The zero-order chi connectivity index (χ0) is 13.8. The van der Waals surface area contributed by atoms with Crippen LogP contribution in [-0.4, -0.2) is 48.7 Å². The Morgan fingerprint density at radius 2 is 2.00 bits per heavy atom. The van der Waals surface area contributed by atoms with Gasteiger partial charge in [-0.25, -0.2) is 0 Å². The van der Waals surface area contributed by atoms with Gasteiger partial charge in [-0.2, -0.15) is 0 Å². The normalized spacial score (nSPS) is 17.8. The second kappa shape index (κ2) is 5.93. The molecule has 1 fully saturated rings. The number of rotatable bonds is 3. The summed E-state index contributed by atoms with van der Waals surface area (Å²) in [5.41, 5.74) is 8.77. The molecule has 5 heteroatoms. The zero-order valence-electron chi connectivity index (χ0n) is 11.6. The summed E-state index contributed by atoms with van der Waals surface area (Å²) in [4.78, 5) is 4.86. The summed E-state index contributed by atoms with van der Waals surface area (Å²) >= 11 is 0. The highest BCUT2D eigenvalue weighted by Crippen LogP contribution is 2.22. The Labute approximate surface area is 114 Å². The van der Waals surface area contributed by atoms with Gasteiger partial charge in [0.1, 0.15) is 0 Å². The Kier molecular flexibility index (Phi) is 4.27. The van der Waals surface area contributed by atoms with Crippen LogP contribution in [0, 0.1) is 6.92 Å². The summed E-state index contributed by atoms with van der Waals surface area (Å²) in [7, 11) is 0. The SMILES string of the molecule is CCN1CCN(c2ccc(/C(N)=N/O)cc2C)CC1. The van der Waals surface area contributed by atoms with Crippen LogP contribution in [0.1, 0.15) is 18.1 Å². The first-order chi connectivity index (χ1) is 9.15. The summed E-state index contributed by atoms with van der Waals surface area (Å²) in [5.74, 6) is 0.158. The van der Waals surface area contributed by atoms with E-state index in [9.17, 15) is 0 Å². The fraction of sp³-hybridized carbons (Fsp3) is 0.500. The van der Waals surface area contributed by atoms with Crippen LogP contribution in [0.4, 0.5) is 5.69 Å². The van der Waals surface area contributed by atoms with Crippen LogP contribution < -0.4 is 10.6 Å². The van der Waals surface area contributed by atoms with Gasteiger partial charge < -0.3 is 20.7 Å². The van der Waals surface area contributed by atoms with Gasteiger partial charge in [0.25, 0.3) is 0 Å². The lowest BCUT2D eigenvalue weighted by Gasteiger charge is -2.36. The Balaban J connectivity index is 2.14. The van der Waals surface area contributed by atoms with Gasteiger partial charge in [0.05, 0.1) is 0 Å². The smallest absolute Gasteiger partial charge is 0.170 e. The van der Waals surface area contributed by atoms with E-state index in [0.29, 0.717) is 0 Å². The fourth-order valence-corrected chi connectivity index (χ4v) is 2.53. The quantitative estimate of drug-likeness (QED) is 0.372. The molecule has 1 aliphatic rings.